The van der Waals surface area contributed by atoms with Gasteiger partial charge in [-0.05, 0) is 17.7 Å². The minimum atomic E-state index is -1.24. The summed E-state index contributed by atoms with van der Waals surface area (Å²) in [5, 5.41) is 19.9. The van der Waals surface area contributed by atoms with Crippen LogP contribution in [-0.4, -0.2) is 21.8 Å². The van der Waals surface area contributed by atoms with Crippen LogP contribution < -0.4 is 0 Å². The zero-order chi connectivity index (χ0) is 13.5. The SMILES string of the molecule is CCCCSCc1cccc([N+](=O)[O-])c1C(=O)O. The number of thioether (sulfide) groups is 1. The zero-order valence-electron chi connectivity index (χ0n) is 10.1. The molecule has 0 aliphatic heterocycles. The Morgan fingerprint density at radius 3 is 2.78 bits per heavy atom. The lowest BCUT2D eigenvalue weighted by molar-refractivity contribution is -0.385. The highest BCUT2D eigenvalue weighted by atomic mass is 32.2. The van der Waals surface area contributed by atoms with Crippen molar-refractivity contribution in [1.82, 2.24) is 0 Å². The molecule has 1 rings (SSSR count). The lowest BCUT2D eigenvalue weighted by Gasteiger charge is -2.06. The summed E-state index contributed by atoms with van der Waals surface area (Å²) in [6.45, 7) is 2.08. The van der Waals surface area contributed by atoms with Crippen LogP contribution in [0, 0.1) is 10.1 Å². The number of rotatable bonds is 7. The van der Waals surface area contributed by atoms with Crippen LogP contribution in [0.1, 0.15) is 35.7 Å². The molecule has 0 saturated carbocycles. The van der Waals surface area contributed by atoms with Gasteiger partial charge in [-0.15, -0.1) is 0 Å². The average Bonchev–Trinajstić information content (AvgIpc) is 2.33. The second kappa shape index (κ2) is 7.00. The molecule has 0 atom stereocenters. The van der Waals surface area contributed by atoms with Gasteiger partial charge in [-0.25, -0.2) is 4.79 Å². The molecule has 1 N–H and O–H groups in total. The molecule has 5 nitrogen and oxygen atoms in total. The van der Waals surface area contributed by atoms with E-state index in [4.69, 9.17) is 5.11 Å². The molecule has 18 heavy (non-hydrogen) atoms. The molecular weight excluding hydrogens is 254 g/mol. The van der Waals surface area contributed by atoms with E-state index < -0.39 is 10.9 Å². The van der Waals surface area contributed by atoms with E-state index in [1.165, 1.54) is 12.1 Å². The molecule has 1 aromatic rings. The van der Waals surface area contributed by atoms with Gasteiger partial charge in [-0.1, -0.05) is 25.5 Å². The number of unbranched alkanes of at least 4 members (excludes halogenated alkanes) is 1. The number of hydrogen-bond acceptors (Lipinski definition) is 4. The van der Waals surface area contributed by atoms with E-state index in [1.807, 2.05) is 0 Å². The Kier molecular flexibility index (Phi) is 5.64. The Hall–Kier alpha value is -1.56. The number of nitro groups is 1. The van der Waals surface area contributed by atoms with Crippen molar-refractivity contribution in [3.63, 3.8) is 0 Å². The maximum absolute atomic E-state index is 11.1. The quantitative estimate of drug-likeness (QED) is 0.466. The molecular formula is C12H15NO4S. The molecule has 1 aromatic carbocycles. The molecule has 0 heterocycles. The van der Waals surface area contributed by atoms with Crippen LogP contribution in [0.5, 0.6) is 0 Å². The topological polar surface area (TPSA) is 80.4 Å². The van der Waals surface area contributed by atoms with Gasteiger partial charge in [0.2, 0.25) is 0 Å². The fraction of sp³-hybridized carbons (Fsp3) is 0.417. The Morgan fingerprint density at radius 1 is 1.50 bits per heavy atom. The maximum atomic E-state index is 11.1. The number of nitrogens with zero attached hydrogens (tertiary/aromatic N) is 1. The largest absolute Gasteiger partial charge is 0.477 e. The number of benzene rings is 1. The van der Waals surface area contributed by atoms with E-state index in [0.29, 0.717) is 11.3 Å². The highest BCUT2D eigenvalue weighted by molar-refractivity contribution is 7.98. The predicted octanol–water partition coefficient (Wildman–Crippen LogP) is 3.33. The number of carboxylic acid groups (broad SMARTS) is 1. The van der Waals surface area contributed by atoms with Crippen LogP contribution >= 0.6 is 11.8 Å². The molecule has 0 amide bonds. The van der Waals surface area contributed by atoms with Crippen LogP contribution in [0.25, 0.3) is 0 Å². The van der Waals surface area contributed by atoms with E-state index in [1.54, 1.807) is 17.8 Å². The van der Waals surface area contributed by atoms with Crippen molar-refractivity contribution in [3.05, 3.63) is 39.4 Å². The first kappa shape index (κ1) is 14.5. The molecule has 0 saturated heterocycles. The number of carbonyl (C=O) groups is 1. The molecule has 0 unspecified atom stereocenters. The number of hydrogen-bond donors (Lipinski definition) is 1. The summed E-state index contributed by atoms with van der Waals surface area (Å²) in [5.41, 5.74) is -0.0135. The van der Waals surface area contributed by atoms with Gasteiger partial charge in [0.1, 0.15) is 5.56 Å². The third kappa shape index (κ3) is 3.73. The van der Waals surface area contributed by atoms with Gasteiger partial charge in [-0.3, -0.25) is 10.1 Å². The van der Waals surface area contributed by atoms with Crippen LogP contribution in [0.3, 0.4) is 0 Å². The van der Waals surface area contributed by atoms with Gasteiger partial charge < -0.3 is 5.11 Å². The van der Waals surface area contributed by atoms with Crippen molar-refractivity contribution in [2.24, 2.45) is 0 Å². The second-order valence-electron chi connectivity index (χ2n) is 3.78. The van der Waals surface area contributed by atoms with Crippen molar-refractivity contribution in [1.29, 1.82) is 0 Å². The maximum Gasteiger partial charge on any atom is 0.343 e. The highest BCUT2D eigenvalue weighted by Crippen LogP contribution is 2.25. The van der Waals surface area contributed by atoms with Crippen LogP contribution in [0.2, 0.25) is 0 Å². The Morgan fingerprint density at radius 2 is 2.22 bits per heavy atom. The number of aromatic carboxylic acids is 1. The van der Waals surface area contributed by atoms with Gasteiger partial charge in [0.15, 0.2) is 0 Å². The first-order valence-corrected chi connectivity index (χ1v) is 6.80. The fourth-order valence-corrected chi connectivity index (χ4v) is 2.63. The van der Waals surface area contributed by atoms with Crippen LogP contribution in [-0.2, 0) is 5.75 Å². The van der Waals surface area contributed by atoms with Crippen molar-refractivity contribution < 1.29 is 14.8 Å². The van der Waals surface area contributed by atoms with E-state index in [9.17, 15) is 14.9 Å². The summed E-state index contributed by atoms with van der Waals surface area (Å²) in [4.78, 5) is 21.3. The summed E-state index contributed by atoms with van der Waals surface area (Å²) in [5.74, 6) is 0.176. The van der Waals surface area contributed by atoms with Crippen molar-refractivity contribution in [2.45, 2.75) is 25.5 Å². The van der Waals surface area contributed by atoms with E-state index in [0.717, 1.165) is 18.6 Å². The van der Waals surface area contributed by atoms with Crippen LogP contribution in [0.15, 0.2) is 18.2 Å². The summed E-state index contributed by atoms with van der Waals surface area (Å²) < 4.78 is 0. The molecule has 0 spiro atoms. The minimum absolute atomic E-state index is 0.188. The van der Waals surface area contributed by atoms with E-state index in [2.05, 4.69) is 6.92 Å². The standard InChI is InChI=1S/C12H15NO4S/c1-2-3-7-18-8-9-5-4-6-10(13(16)17)11(9)12(14)15/h4-6H,2-3,7-8H2,1H3,(H,14,15). The molecule has 0 aliphatic carbocycles. The Bertz CT molecular complexity index is 448. The summed E-state index contributed by atoms with van der Waals surface area (Å²) in [6, 6.07) is 4.39. The van der Waals surface area contributed by atoms with Crippen molar-refractivity contribution in [2.75, 3.05) is 5.75 Å². The number of carboxylic acids is 1. The zero-order valence-corrected chi connectivity index (χ0v) is 10.9. The third-order valence-electron chi connectivity index (χ3n) is 2.44. The fourth-order valence-electron chi connectivity index (χ4n) is 1.53. The number of nitro benzene ring substituents is 1. The summed E-state index contributed by atoms with van der Waals surface area (Å²) in [6.07, 6.45) is 2.13. The lowest BCUT2D eigenvalue weighted by Crippen LogP contribution is -2.06. The Balaban J connectivity index is 2.93. The Labute approximate surface area is 109 Å². The average molecular weight is 269 g/mol. The molecule has 0 aliphatic rings. The van der Waals surface area contributed by atoms with Gasteiger partial charge in [-0.2, -0.15) is 11.8 Å². The smallest absolute Gasteiger partial charge is 0.343 e. The monoisotopic (exact) mass is 269 g/mol. The highest BCUT2D eigenvalue weighted by Gasteiger charge is 2.22. The van der Waals surface area contributed by atoms with E-state index in [-0.39, 0.29) is 11.3 Å². The van der Waals surface area contributed by atoms with Gasteiger partial charge in [0.25, 0.3) is 5.69 Å². The summed E-state index contributed by atoms with van der Waals surface area (Å²) in [7, 11) is 0. The molecule has 6 heteroatoms. The first-order valence-electron chi connectivity index (χ1n) is 5.65. The normalized spacial score (nSPS) is 10.3. The van der Waals surface area contributed by atoms with E-state index >= 15 is 0 Å². The molecule has 0 bridgehead atoms. The van der Waals surface area contributed by atoms with Gasteiger partial charge >= 0.3 is 5.97 Å². The van der Waals surface area contributed by atoms with Crippen molar-refractivity contribution in [3.8, 4) is 0 Å². The summed E-state index contributed by atoms with van der Waals surface area (Å²) >= 11 is 1.60. The van der Waals surface area contributed by atoms with Gasteiger partial charge in [0.05, 0.1) is 4.92 Å². The molecule has 0 fully saturated rings. The molecule has 0 radical (unpaired) electrons. The molecule has 0 aromatic heterocycles. The van der Waals surface area contributed by atoms with Crippen LogP contribution in [0.4, 0.5) is 5.69 Å². The predicted molar refractivity (Wildman–Crippen MR) is 71.1 cm³/mol. The second-order valence-corrected chi connectivity index (χ2v) is 4.88. The minimum Gasteiger partial charge on any atom is -0.477 e. The van der Waals surface area contributed by atoms with Gasteiger partial charge in [0, 0.05) is 11.8 Å². The first-order chi connectivity index (χ1) is 8.57. The lowest BCUT2D eigenvalue weighted by atomic mass is 10.1. The third-order valence-corrected chi connectivity index (χ3v) is 3.53. The van der Waals surface area contributed by atoms with Crippen molar-refractivity contribution >= 4 is 23.4 Å². The molecule has 98 valence electrons.